The summed E-state index contributed by atoms with van der Waals surface area (Å²) in [6.45, 7) is 5.57. The van der Waals surface area contributed by atoms with Gasteiger partial charge in [0.2, 0.25) is 0 Å². The maximum absolute atomic E-state index is 11.8. The Kier molecular flexibility index (Phi) is 7.38. The molecule has 0 aliphatic heterocycles. The fraction of sp³-hybridized carbons (Fsp3) is 0.500. The van der Waals surface area contributed by atoms with E-state index in [4.69, 9.17) is 9.47 Å². The van der Waals surface area contributed by atoms with Crippen LogP contribution in [-0.2, 0) is 20.9 Å². The van der Waals surface area contributed by atoms with Crippen LogP contribution in [0.2, 0.25) is 0 Å². The number of alkyl carbamates (subject to hydrolysis) is 1. The number of ether oxygens (including phenoxy) is 2. The Balaban J connectivity index is 2.38. The number of esters is 1. The molecule has 0 heterocycles. The summed E-state index contributed by atoms with van der Waals surface area (Å²) in [4.78, 5) is 23.5. The van der Waals surface area contributed by atoms with Gasteiger partial charge in [0.25, 0.3) is 0 Å². The number of nitrogens with one attached hydrogen (secondary N) is 1. The van der Waals surface area contributed by atoms with Crippen molar-refractivity contribution in [2.45, 2.75) is 45.4 Å². The zero-order chi connectivity index (χ0) is 16.6. The van der Waals surface area contributed by atoms with Crippen LogP contribution in [0.25, 0.3) is 0 Å². The lowest BCUT2D eigenvalue weighted by molar-refractivity contribution is -0.145. The van der Waals surface area contributed by atoms with Crippen molar-refractivity contribution in [2.24, 2.45) is 0 Å². The molecular weight excluding hydrogens is 350 g/mol. The quantitative estimate of drug-likeness (QED) is 0.614. The van der Waals surface area contributed by atoms with Crippen LogP contribution in [0, 0.1) is 0 Å². The maximum Gasteiger partial charge on any atom is 0.407 e. The van der Waals surface area contributed by atoms with E-state index in [1.165, 1.54) is 0 Å². The largest absolute Gasteiger partial charge is 0.461 e. The van der Waals surface area contributed by atoms with Crippen LogP contribution in [0.4, 0.5) is 4.79 Å². The Morgan fingerprint density at radius 1 is 1.23 bits per heavy atom. The fourth-order valence-corrected chi connectivity index (χ4v) is 2.01. The van der Waals surface area contributed by atoms with Gasteiger partial charge < -0.3 is 14.8 Å². The molecule has 0 aliphatic carbocycles. The van der Waals surface area contributed by atoms with Gasteiger partial charge in [-0.25, -0.2) is 4.79 Å². The Bertz CT molecular complexity index is 485. The van der Waals surface area contributed by atoms with E-state index >= 15 is 0 Å². The van der Waals surface area contributed by atoms with Crippen LogP contribution in [0.3, 0.4) is 0 Å². The van der Waals surface area contributed by atoms with E-state index in [1.807, 2.05) is 30.3 Å². The van der Waals surface area contributed by atoms with E-state index in [-0.39, 0.29) is 25.0 Å². The van der Waals surface area contributed by atoms with Crippen LogP contribution in [-0.4, -0.2) is 29.0 Å². The maximum atomic E-state index is 11.8. The van der Waals surface area contributed by atoms with Gasteiger partial charge in [-0.2, -0.15) is 0 Å². The van der Waals surface area contributed by atoms with Gasteiger partial charge in [0.05, 0.1) is 12.5 Å². The van der Waals surface area contributed by atoms with Crippen molar-refractivity contribution in [1.29, 1.82) is 0 Å². The van der Waals surface area contributed by atoms with Gasteiger partial charge in [-0.15, -0.1) is 0 Å². The molecule has 0 aliphatic rings. The standard InChI is InChI=1S/C16H22BrNO4/c1-16(2,3)22-15(20)18-13(10-17)9-14(19)21-11-12-7-5-4-6-8-12/h4-8,13H,9-11H2,1-3H3,(H,18,20)/t13-/m0/s1. The summed E-state index contributed by atoms with van der Waals surface area (Å²) in [5.41, 5.74) is 0.348. The molecule has 0 aromatic heterocycles. The number of carbonyl (C=O) groups excluding carboxylic acids is 2. The van der Waals surface area contributed by atoms with Crippen LogP contribution in [0.5, 0.6) is 0 Å². The molecule has 0 saturated carbocycles. The molecule has 0 saturated heterocycles. The number of rotatable bonds is 6. The third-order valence-electron chi connectivity index (χ3n) is 2.56. The third-order valence-corrected chi connectivity index (χ3v) is 3.34. The number of carbonyl (C=O) groups is 2. The van der Waals surface area contributed by atoms with Gasteiger partial charge in [-0.3, -0.25) is 4.79 Å². The van der Waals surface area contributed by atoms with Crippen molar-refractivity contribution >= 4 is 28.0 Å². The zero-order valence-corrected chi connectivity index (χ0v) is 14.7. The van der Waals surface area contributed by atoms with Gasteiger partial charge in [-0.05, 0) is 26.3 Å². The molecule has 0 radical (unpaired) electrons. The summed E-state index contributed by atoms with van der Waals surface area (Å²) >= 11 is 3.27. The summed E-state index contributed by atoms with van der Waals surface area (Å²) in [7, 11) is 0. The lowest BCUT2D eigenvalue weighted by atomic mass is 10.2. The average Bonchev–Trinajstić information content (AvgIpc) is 2.43. The summed E-state index contributed by atoms with van der Waals surface area (Å²) in [5.74, 6) is -0.371. The first-order valence-corrected chi connectivity index (χ1v) is 8.17. The minimum absolute atomic E-state index is 0.0807. The smallest absolute Gasteiger partial charge is 0.407 e. The van der Waals surface area contributed by atoms with Gasteiger partial charge in [-0.1, -0.05) is 46.3 Å². The minimum Gasteiger partial charge on any atom is -0.461 e. The van der Waals surface area contributed by atoms with Gasteiger partial charge in [0, 0.05) is 5.33 Å². The molecule has 5 nitrogen and oxygen atoms in total. The number of amides is 1. The van der Waals surface area contributed by atoms with Gasteiger partial charge >= 0.3 is 12.1 Å². The fourth-order valence-electron chi connectivity index (χ4n) is 1.62. The number of alkyl halides is 1. The molecule has 122 valence electrons. The first kappa shape index (κ1) is 18.5. The highest BCUT2D eigenvalue weighted by molar-refractivity contribution is 9.09. The molecular formula is C16H22BrNO4. The SMILES string of the molecule is CC(C)(C)OC(=O)N[C@H](CBr)CC(=O)OCc1ccccc1. The average molecular weight is 372 g/mol. The number of halogens is 1. The highest BCUT2D eigenvalue weighted by Crippen LogP contribution is 2.09. The summed E-state index contributed by atoms with van der Waals surface area (Å²) in [5, 5.41) is 3.08. The van der Waals surface area contributed by atoms with Crippen molar-refractivity contribution in [1.82, 2.24) is 5.32 Å². The second-order valence-electron chi connectivity index (χ2n) is 5.85. The van der Waals surface area contributed by atoms with E-state index in [9.17, 15) is 9.59 Å². The normalized spacial score (nSPS) is 12.4. The highest BCUT2D eigenvalue weighted by Gasteiger charge is 2.21. The second kappa shape index (κ2) is 8.78. The lowest BCUT2D eigenvalue weighted by Crippen LogP contribution is -2.41. The molecule has 6 heteroatoms. The van der Waals surface area contributed by atoms with Crippen LogP contribution >= 0.6 is 15.9 Å². The van der Waals surface area contributed by atoms with Crippen molar-refractivity contribution in [3.05, 3.63) is 35.9 Å². The van der Waals surface area contributed by atoms with E-state index in [2.05, 4.69) is 21.2 Å². The molecule has 0 bridgehead atoms. The second-order valence-corrected chi connectivity index (χ2v) is 6.50. The predicted octanol–water partition coefficient (Wildman–Crippen LogP) is 3.41. The molecule has 0 spiro atoms. The zero-order valence-electron chi connectivity index (χ0n) is 13.1. The van der Waals surface area contributed by atoms with E-state index in [0.29, 0.717) is 5.33 Å². The Hall–Kier alpha value is -1.56. The van der Waals surface area contributed by atoms with E-state index in [1.54, 1.807) is 20.8 Å². The van der Waals surface area contributed by atoms with Crippen LogP contribution in [0.1, 0.15) is 32.8 Å². The minimum atomic E-state index is -0.575. The Morgan fingerprint density at radius 3 is 2.41 bits per heavy atom. The molecule has 1 amide bonds. The highest BCUT2D eigenvalue weighted by atomic mass is 79.9. The predicted molar refractivity (Wildman–Crippen MR) is 87.8 cm³/mol. The topological polar surface area (TPSA) is 64.6 Å². The van der Waals surface area contributed by atoms with Crippen molar-refractivity contribution in [3.8, 4) is 0 Å². The molecule has 1 rings (SSSR count). The van der Waals surface area contributed by atoms with Crippen molar-refractivity contribution in [3.63, 3.8) is 0 Å². The lowest BCUT2D eigenvalue weighted by Gasteiger charge is -2.22. The molecule has 1 atom stereocenters. The number of hydrogen-bond donors (Lipinski definition) is 1. The third kappa shape index (κ3) is 8.02. The first-order valence-electron chi connectivity index (χ1n) is 7.05. The summed E-state index contributed by atoms with van der Waals surface area (Å²) < 4.78 is 10.3. The molecule has 1 N–H and O–H groups in total. The van der Waals surface area contributed by atoms with Crippen LogP contribution in [0.15, 0.2) is 30.3 Å². The number of hydrogen-bond acceptors (Lipinski definition) is 4. The summed E-state index contributed by atoms with van der Waals surface area (Å²) in [6.07, 6.45) is -0.468. The van der Waals surface area contributed by atoms with Crippen molar-refractivity contribution < 1.29 is 19.1 Å². The van der Waals surface area contributed by atoms with Crippen LogP contribution < -0.4 is 5.32 Å². The molecule has 1 aromatic rings. The molecule has 0 fully saturated rings. The van der Waals surface area contributed by atoms with Gasteiger partial charge in [0.15, 0.2) is 0 Å². The molecule has 1 aromatic carbocycles. The monoisotopic (exact) mass is 371 g/mol. The Morgan fingerprint density at radius 2 is 1.86 bits per heavy atom. The first-order chi connectivity index (χ1) is 10.3. The van der Waals surface area contributed by atoms with E-state index < -0.39 is 11.7 Å². The molecule has 0 unspecified atom stereocenters. The Labute approximate surface area is 139 Å². The van der Waals surface area contributed by atoms with Crippen molar-refractivity contribution in [2.75, 3.05) is 5.33 Å². The van der Waals surface area contributed by atoms with E-state index in [0.717, 1.165) is 5.56 Å². The number of benzene rings is 1. The summed E-state index contributed by atoms with van der Waals surface area (Å²) in [6, 6.07) is 9.06. The van der Waals surface area contributed by atoms with Gasteiger partial charge in [0.1, 0.15) is 12.2 Å². The molecule has 22 heavy (non-hydrogen) atoms.